The van der Waals surface area contributed by atoms with E-state index in [1.807, 2.05) is 36.1 Å². The number of aryl methyl sites for hydroxylation is 1. The standard InChI is InChI=1S/C26H34ClN3O3/c1-19-3-6-22(17-25(19)32-2)28-21-7-11-24(12-8-21)33-18-26(31)30-15-13-29(14-16-30)23-9-4-20(27)5-10-23/h3-6,9-10,17,21,24,28H,7-8,11-16,18H2,1-2H3. The third kappa shape index (κ3) is 6.33. The number of piperazine rings is 1. The van der Waals surface area contributed by atoms with Crippen LogP contribution in [0.5, 0.6) is 5.75 Å². The molecule has 1 aliphatic carbocycles. The van der Waals surface area contributed by atoms with Crippen LogP contribution in [0.15, 0.2) is 42.5 Å². The van der Waals surface area contributed by atoms with Gasteiger partial charge in [0, 0.05) is 54.7 Å². The summed E-state index contributed by atoms with van der Waals surface area (Å²) in [5.41, 5.74) is 3.38. The Balaban J connectivity index is 1.16. The molecule has 1 N–H and O–H groups in total. The molecule has 7 heteroatoms. The molecule has 178 valence electrons. The number of nitrogens with one attached hydrogen (secondary N) is 1. The van der Waals surface area contributed by atoms with Gasteiger partial charge in [-0.2, -0.15) is 0 Å². The summed E-state index contributed by atoms with van der Waals surface area (Å²) >= 11 is 5.98. The maximum absolute atomic E-state index is 12.7. The van der Waals surface area contributed by atoms with Crippen LogP contribution in [0.25, 0.3) is 0 Å². The zero-order valence-corrected chi connectivity index (χ0v) is 20.3. The minimum atomic E-state index is 0.0951. The van der Waals surface area contributed by atoms with E-state index in [4.69, 9.17) is 21.1 Å². The van der Waals surface area contributed by atoms with Crippen LogP contribution >= 0.6 is 11.6 Å². The first-order valence-corrected chi connectivity index (χ1v) is 12.2. The van der Waals surface area contributed by atoms with Crippen molar-refractivity contribution in [2.75, 3.05) is 50.1 Å². The van der Waals surface area contributed by atoms with Crippen molar-refractivity contribution in [3.63, 3.8) is 0 Å². The molecule has 2 fully saturated rings. The summed E-state index contributed by atoms with van der Waals surface area (Å²) in [5.74, 6) is 1.00. The molecule has 2 aromatic rings. The molecule has 0 aromatic heterocycles. The molecule has 0 unspecified atom stereocenters. The van der Waals surface area contributed by atoms with E-state index in [-0.39, 0.29) is 18.6 Å². The Kier molecular flexibility index (Phi) is 7.99. The summed E-state index contributed by atoms with van der Waals surface area (Å²) in [5, 5.41) is 4.36. The SMILES string of the molecule is COc1cc(NC2CCC(OCC(=O)N3CCN(c4ccc(Cl)cc4)CC3)CC2)ccc1C. The Morgan fingerprint density at radius 2 is 1.73 bits per heavy atom. The van der Waals surface area contributed by atoms with Gasteiger partial charge in [-0.3, -0.25) is 4.79 Å². The molecule has 0 radical (unpaired) electrons. The Labute approximate surface area is 201 Å². The van der Waals surface area contributed by atoms with E-state index < -0.39 is 0 Å². The van der Waals surface area contributed by atoms with Gasteiger partial charge in [-0.1, -0.05) is 17.7 Å². The van der Waals surface area contributed by atoms with Gasteiger partial charge in [-0.05, 0) is 68.5 Å². The van der Waals surface area contributed by atoms with Crippen LogP contribution in [-0.4, -0.2) is 62.8 Å². The second kappa shape index (κ2) is 11.1. The minimum absolute atomic E-state index is 0.0951. The van der Waals surface area contributed by atoms with Crippen molar-refractivity contribution in [2.45, 2.75) is 44.8 Å². The Morgan fingerprint density at radius 3 is 2.39 bits per heavy atom. The first kappa shape index (κ1) is 23.7. The minimum Gasteiger partial charge on any atom is -0.496 e. The van der Waals surface area contributed by atoms with E-state index >= 15 is 0 Å². The van der Waals surface area contributed by atoms with Crippen molar-refractivity contribution < 1.29 is 14.3 Å². The first-order valence-electron chi connectivity index (χ1n) is 11.8. The number of nitrogens with zero attached hydrogens (tertiary/aromatic N) is 2. The summed E-state index contributed by atoms with van der Waals surface area (Å²) in [4.78, 5) is 16.9. The fraction of sp³-hybridized carbons (Fsp3) is 0.500. The van der Waals surface area contributed by atoms with Crippen molar-refractivity contribution in [3.8, 4) is 5.75 Å². The molecule has 33 heavy (non-hydrogen) atoms. The molecule has 1 aliphatic heterocycles. The number of carbonyl (C=O) groups excluding carboxylic acids is 1. The lowest BCUT2D eigenvalue weighted by Gasteiger charge is -2.36. The van der Waals surface area contributed by atoms with Crippen LogP contribution in [0.2, 0.25) is 5.02 Å². The van der Waals surface area contributed by atoms with Gasteiger partial charge in [-0.15, -0.1) is 0 Å². The van der Waals surface area contributed by atoms with Gasteiger partial charge in [-0.25, -0.2) is 0 Å². The van der Waals surface area contributed by atoms with Crippen LogP contribution < -0.4 is 15.0 Å². The van der Waals surface area contributed by atoms with Crippen molar-refractivity contribution in [1.82, 2.24) is 4.90 Å². The van der Waals surface area contributed by atoms with Crippen molar-refractivity contribution in [3.05, 3.63) is 53.1 Å². The van der Waals surface area contributed by atoms with Gasteiger partial charge in [0.25, 0.3) is 0 Å². The van der Waals surface area contributed by atoms with Crippen molar-refractivity contribution >= 4 is 28.9 Å². The van der Waals surface area contributed by atoms with Gasteiger partial charge in [0.2, 0.25) is 5.91 Å². The van der Waals surface area contributed by atoms with Crippen molar-refractivity contribution in [2.24, 2.45) is 0 Å². The van der Waals surface area contributed by atoms with Gasteiger partial charge < -0.3 is 24.6 Å². The van der Waals surface area contributed by atoms with Gasteiger partial charge in [0.1, 0.15) is 12.4 Å². The molecule has 1 saturated carbocycles. The van der Waals surface area contributed by atoms with Gasteiger partial charge in [0.05, 0.1) is 13.2 Å². The van der Waals surface area contributed by atoms with Crippen LogP contribution in [0.3, 0.4) is 0 Å². The molecule has 0 atom stereocenters. The number of benzene rings is 2. The predicted molar refractivity (Wildman–Crippen MR) is 134 cm³/mol. The van der Waals surface area contributed by atoms with Crippen LogP contribution in [0.4, 0.5) is 11.4 Å². The number of hydrogen-bond acceptors (Lipinski definition) is 5. The second-order valence-electron chi connectivity index (χ2n) is 8.96. The predicted octanol–water partition coefficient (Wildman–Crippen LogP) is 4.75. The molecule has 1 amide bonds. The van der Waals surface area contributed by atoms with E-state index in [0.29, 0.717) is 6.04 Å². The maximum Gasteiger partial charge on any atom is 0.248 e. The fourth-order valence-corrected chi connectivity index (χ4v) is 4.79. The summed E-state index contributed by atoms with van der Waals surface area (Å²) < 4.78 is 11.4. The molecular formula is C26H34ClN3O3. The highest BCUT2D eigenvalue weighted by Crippen LogP contribution is 2.27. The Morgan fingerprint density at radius 1 is 1.03 bits per heavy atom. The molecule has 1 saturated heterocycles. The summed E-state index contributed by atoms with van der Waals surface area (Å²) in [6.45, 7) is 5.33. The molecule has 1 heterocycles. The quantitative estimate of drug-likeness (QED) is 0.631. The van der Waals surface area contributed by atoms with E-state index in [2.05, 4.69) is 28.4 Å². The van der Waals surface area contributed by atoms with Crippen molar-refractivity contribution in [1.29, 1.82) is 0 Å². The monoisotopic (exact) mass is 471 g/mol. The lowest BCUT2D eigenvalue weighted by atomic mass is 9.92. The van der Waals surface area contributed by atoms with Crippen LogP contribution in [-0.2, 0) is 9.53 Å². The number of anilines is 2. The Hall–Kier alpha value is -2.44. The summed E-state index contributed by atoms with van der Waals surface area (Å²) in [6.07, 6.45) is 4.18. The molecule has 0 spiro atoms. The highest BCUT2D eigenvalue weighted by molar-refractivity contribution is 6.30. The van der Waals surface area contributed by atoms with E-state index in [1.165, 1.54) is 0 Å². The average molecular weight is 472 g/mol. The van der Waals surface area contributed by atoms with Gasteiger partial charge >= 0.3 is 0 Å². The first-order chi connectivity index (χ1) is 16.0. The Bertz CT molecular complexity index is 921. The van der Waals surface area contributed by atoms with E-state index in [1.54, 1.807) is 7.11 Å². The normalized spacial score (nSPS) is 21.1. The summed E-state index contributed by atoms with van der Waals surface area (Å²) in [7, 11) is 1.70. The highest BCUT2D eigenvalue weighted by Gasteiger charge is 2.25. The van der Waals surface area contributed by atoms with Crippen LogP contribution in [0.1, 0.15) is 31.2 Å². The molecule has 0 bridgehead atoms. The lowest BCUT2D eigenvalue weighted by molar-refractivity contribution is -0.139. The molecule has 2 aromatic carbocycles. The van der Waals surface area contributed by atoms with E-state index in [0.717, 1.165) is 79.6 Å². The smallest absolute Gasteiger partial charge is 0.248 e. The third-order valence-corrected chi connectivity index (χ3v) is 6.97. The second-order valence-corrected chi connectivity index (χ2v) is 9.39. The van der Waals surface area contributed by atoms with E-state index in [9.17, 15) is 4.79 Å². The topological polar surface area (TPSA) is 54.0 Å². The molecule has 4 rings (SSSR count). The number of halogens is 1. The maximum atomic E-state index is 12.7. The molecular weight excluding hydrogens is 438 g/mol. The zero-order chi connectivity index (χ0) is 23.2. The van der Waals surface area contributed by atoms with Gasteiger partial charge in [0.15, 0.2) is 0 Å². The average Bonchev–Trinajstić information content (AvgIpc) is 2.85. The largest absolute Gasteiger partial charge is 0.496 e. The summed E-state index contributed by atoms with van der Waals surface area (Å²) in [6, 6.07) is 14.5. The lowest BCUT2D eigenvalue weighted by Crippen LogP contribution is -2.50. The number of ether oxygens (including phenoxy) is 2. The number of amides is 1. The zero-order valence-electron chi connectivity index (χ0n) is 19.6. The van der Waals surface area contributed by atoms with Crippen LogP contribution in [0, 0.1) is 6.92 Å². The third-order valence-electron chi connectivity index (χ3n) is 6.72. The number of hydrogen-bond donors (Lipinski definition) is 1. The molecule has 2 aliphatic rings. The molecule has 6 nitrogen and oxygen atoms in total. The fourth-order valence-electron chi connectivity index (χ4n) is 4.67. The highest BCUT2D eigenvalue weighted by atomic mass is 35.5. The number of carbonyl (C=O) groups is 1. The number of rotatable bonds is 7. The number of methoxy groups -OCH3 is 1.